The highest BCUT2D eigenvalue weighted by molar-refractivity contribution is 7.91. The summed E-state index contributed by atoms with van der Waals surface area (Å²) >= 11 is 4.87. The number of hydrogen-bond acceptors (Lipinski definition) is 3. The summed E-state index contributed by atoms with van der Waals surface area (Å²) in [6, 6.07) is 7.86. The lowest BCUT2D eigenvalue weighted by atomic mass is 10.1. The minimum atomic E-state index is -1.30. The number of hydrogen-bond donors (Lipinski definition) is 0. The molecule has 1 aromatic carbocycles. The Kier molecular flexibility index (Phi) is 4.37. The number of aromatic nitrogens is 1. The third-order valence-corrected chi connectivity index (χ3v) is 4.49. The molecule has 1 heterocycles. The predicted octanol–water partition coefficient (Wildman–Crippen LogP) is 4.08. The minimum Gasteiger partial charge on any atom is -0.591 e. The summed E-state index contributed by atoms with van der Waals surface area (Å²) in [6.45, 7) is 7.63. The average Bonchev–Trinajstić information content (AvgIpc) is 2.36. The minimum absolute atomic E-state index is 0.376. The van der Waals surface area contributed by atoms with Gasteiger partial charge < -0.3 is 4.55 Å². The monoisotopic (exact) mass is 308 g/mol. The second kappa shape index (κ2) is 5.72. The molecule has 0 saturated heterocycles. The average molecular weight is 309 g/mol. The number of para-hydroxylation sites is 1. The van der Waals surface area contributed by atoms with E-state index in [1.165, 1.54) is 0 Å². The number of aryl methyl sites for hydroxylation is 1. The van der Waals surface area contributed by atoms with Crippen LogP contribution in [0.25, 0.3) is 10.9 Å². The van der Waals surface area contributed by atoms with Gasteiger partial charge in [0.2, 0.25) is 0 Å². The Hall–Kier alpha value is -1.10. The van der Waals surface area contributed by atoms with Crippen LogP contribution in [0.15, 0.2) is 28.7 Å². The molecule has 20 heavy (non-hydrogen) atoms. The Labute approximate surface area is 127 Å². The summed E-state index contributed by atoms with van der Waals surface area (Å²) in [6.07, 6.45) is 1.54. The number of halogens is 1. The Morgan fingerprint density at radius 2 is 2.05 bits per heavy atom. The van der Waals surface area contributed by atoms with Crippen LogP contribution in [-0.2, 0) is 11.4 Å². The van der Waals surface area contributed by atoms with Crippen LogP contribution in [0, 0.1) is 6.92 Å². The smallest absolute Gasteiger partial charge is 0.144 e. The van der Waals surface area contributed by atoms with Gasteiger partial charge in [-0.2, -0.15) is 0 Å². The lowest BCUT2D eigenvalue weighted by Gasteiger charge is -2.17. The Morgan fingerprint density at radius 3 is 2.70 bits per heavy atom. The van der Waals surface area contributed by atoms with Gasteiger partial charge in [0.15, 0.2) is 0 Å². The fraction of sp³-hybridized carbons (Fsp3) is 0.333. The zero-order chi connectivity index (χ0) is 14.9. The molecule has 1 unspecified atom stereocenters. The maximum Gasteiger partial charge on any atom is 0.144 e. The van der Waals surface area contributed by atoms with Gasteiger partial charge in [-0.05, 0) is 39.3 Å². The lowest BCUT2D eigenvalue weighted by Crippen LogP contribution is -2.25. The van der Waals surface area contributed by atoms with Crippen molar-refractivity contribution >= 4 is 40.1 Å². The normalized spacial score (nSPS) is 14.1. The van der Waals surface area contributed by atoms with E-state index in [0.717, 1.165) is 16.5 Å². The molecule has 2 rings (SSSR count). The van der Waals surface area contributed by atoms with Crippen LogP contribution in [0.3, 0.4) is 0 Å². The van der Waals surface area contributed by atoms with E-state index in [1.807, 2.05) is 52.0 Å². The molecule has 0 aliphatic rings. The molecule has 0 amide bonds. The standard InChI is InChI=1S/C15H17ClN2OS/c1-10-6-5-7-11-8-12(14(16)18-13(10)11)9-17-20(19)15(2,3)4/h5-9H,1-4H3/b17-9+. The lowest BCUT2D eigenvalue weighted by molar-refractivity contribution is 0.562. The molecule has 2 aromatic rings. The molecule has 0 saturated carbocycles. The highest BCUT2D eigenvalue weighted by Gasteiger charge is 2.25. The van der Waals surface area contributed by atoms with Crippen molar-refractivity contribution < 1.29 is 4.55 Å². The summed E-state index contributed by atoms with van der Waals surface area (Å²) in [5, 5.41) is 1.37. The molecule has 0 bridgehead atoms. The summed E-state index contributed by atoms with van der Waals surface area (Å²) < 4.78 is 15.6. The molecule has 3 nitrogen and oxygen atoms in total. The SMILES string of the molecule is Cc1cccc2cc(/C=N/[S+]([O-])C(C)(C)C)c(Cl)nc12. The van der Waals surface area contributed by atoms with E-state index in [0.29, 0.717) is 10.7 Å². The first-order chi connectivity index (χ1) is 9.29. The molecule has 1 atom stereocenters. The maximum atomic E-state index is 11.9. The van der Waals surface area contributed by atoms with Crippen LogP contribution in [0.1, 0.15) is 31.9 Å². The van der Waals surface area contributed by atoms with Gasteiger partial charge in [0, 0.05) is 10.9 Å². The molecule has 106 valence electrons. The van der Waals surface area contributed by atoms with E-state index < -0.39 is 11.4 Å². The Balaban J connectivity index is 2.41. The molecule has 0 N–H and O–H groups in total. The van der Waals surface area contributed by atoms with Crippen molar-refractivity contribution in [2.75, 3.05) is 0 Å². The molecule has 0 aliphatic heterocycles. The van der Waals surface area contributed by atoms with E-state index >= 15 is 0 Å². The molecule has 0 fully saturated rings. The van der Waals surface area contributed by atoms with Crippen LogP contribution >= 0.6 is 11.6 Å². The second-order valence-electron chi connectivity index (χ2n) is 5.61. The number of rotatable bonds is 2. The molecule has 1 aromatic heterocycles. The van der Waals surface area contributed by atoms with Crippen molar-refractivity contribution in [2.45, 2.75) is 32.4 Å². The van der Waals surface area contributed by atoms with Crippen molar-refractivity contribution in [3.05, 3.63) is 40.5 Å². The largest absolute Gasteiger partial charge is 0.591 e. The van der Waals surface area contributed by atoms with Crippen molar-refractivity contribution in [1.29, 1.82) is 0 Å². The predicted molar refractivity (Wildman–Crippen MR) is 87.0 cm³/mol. The van der Waals surface area contributed by atoms with Gasteiger partial charge in [0.1, 0.15) is 21.3 Å². The van der Waals surface area contributed by atoms with Crippen LogP contribution in [-0.4, -0.2) is 20.5 Å². The second-order valence-corrected chi connectivity index (χ2v) is 7.90. The first-order valence-corrected chi connectivity index (χ1v) is 7.79. The van der Waals surface area contributed by atoms with Crippen molar-refractivity contribution in [3.63, 3.8) is 0 Å². The van der Waals surface area contributed by atoms with Gasteiger partial charge in [0.25, 0.3) is 0 Å². The number of pyridine rings is 1. The van der Waals surface area contributed by atoms with Gasteiger partial charge in [-0.1, -0.05) is 34.2 Å². The van der Waals surface area contributed by atoms with E-state index in [1.54, 1.807) is 6.21 Å². The molecule has 0 aliphatic carbocycles. The van der Waals surface area contributed by atoms with Gasteiger partial charge in [-0.3, -0.25) is 0 Å². The van der Waals surface area contributed by atoms with Crippen LogP contribution in [0.4, 0.5) is 0 Å². The van der Waals surface area contributed by atoms with Crippen molar-refractivity contribution in [1.82, 2.24) is 4.98 Å². The Bertz CT molecular complexity index is 665. The first-order valence-electron chi connectivity index (χ1n) is 6.31. The Morgan fingerprint density at radius 1 is 1.35 bits per heavy atom. The summed E-state index contributed by atoms with van der Waals surface area (Å²) in [7, 11) is 0. The molecular weight excluding hydrogens is 292 g/mol. The number of fused-ring (bicyclic) bond motifs is 1. The molecule has 5 heteroatoms. The molecule has 0 radical (unpaired) electrons. The maximum absolute atomic E-state index is 11.9. The zero-order valence-corrected chi connectivity index (χ0v) is 13.5. The van der Waals surface area contributed by atoms with Crippen LogP contribution < -0.4 is 0 Å². The van der Waals surface area contributed by atoms with E-state index in [2.05, 4.69) is 9.38 Å². The van der Waals surface area contributed by atoms with Crippen LogP contribution in [0.5, 0.6) is 0 Å². The summed E-state index contributed by atoms with van der Waals surface area (Å²) in [5.74, 6) is 0. The van der Waals surface area contributed by atoms with Crippen molar-refractivity contribution in [2.24, 2.45) is 4.40 Å². The third kappa shape index (κ3) is 3.32. The van der Waals surface area contributed by atoms with Crippen molar-refractivity contribution in [3.8, 4) is 0 Å². The van der Waals surface area contributed by atoms with E-state index in [9.17, 15) is 4.55 Å². The highest BCUT2D eigenvalue weighted by atomic mass is 35.5. The summed E-state index contributed by atoms with van der Waals surface area (Å²) in [5.41, 5.74) is 2.64. The fourth-order valence-corrected chi connectivity index (χ4v) is 2.41. The highest BCUT2D eigenvalue weighted by Crippen LogP contribution is 2.23. The fourth-order valence-electron chi connectivity index (χ4n) is 1.69. The summed E-state index contributed by atoms with van der Waals surface area (Å²) in [4.78, 5) is 4.39. The van der Waals surface area contributed by atoms with E-state index in [4.69, 9.17) is 11.6 Å². The van der Waals surface area contributed by atoms with Gasteiger partial charge in [0.05, 0.1) is 11.7 Å². The van der Waals surface area contributed by atoms with Crippen LogP contribution in [0.2, 0.25) is 5.15 Å². The molecule has 0 spiro atoms. The first kappa shape index (κ1) is 15.3. The van der Waals surface area contributed by atoms with E-state index in [-0.39, 0.29) is 4.75 Å². The zero-order valence-electron chi connectivity index (χ0n) is 12.0. The van der Waals surface area contributed by atoms with Gasteiger partial charge in [-0.25, -0.2) is 4.98 Å². The number of benzene rings is 1. The molecular formula is C15H17ClN2OS. The van der Waals surface area contributed by atoms with Gasteiger partial charge in [-0.15, -0.1) is 0 Å². The number of nitrogens with zero attached hydrogens (tertiary/aromatic N) is 2. The topological polar surface area (TPSA) is 48.3 Å². The quantitative estimate of drug-likeness (QED) is 0.477. The third-order valence-electron chi connectivity index (χ3n) is 2.84. The van der Waals surface area contributed by atoms with Gasteiger partial charge >= 0.3 is 0 Å².